The number of halogens is 1. The Kier molecular flexibility index (Phi) is 3.97. The monoisotopic (exact) mass is 303 g/mol. The van der Waals surface area contributed by atoms with Gasteiger partial charge in [-0.2, -0.15) is 0 Å². The molecule has 0 bridgehead atoms. The van der Waals surface area contributed by atoms with Crippen molar-refractivity contribution in [3.63, 3.8) is 0 Å². The number of benzene rings is 1. The number of carbonyl (C=O) groups excluding carboxylic acids is 1. The largest absolute Gasteiger partial charge is 0.340 e. The van der Waals surface area contributed by atoms with Crippen molar-refractivity contribution in [2.45, 2.75) is 25.3 Å². The average Bonchev–Trinajstić information content (AvgIpc) is 2.93. The second-order valence-electron chi connectivity index (χ2n) is 5.49. The third-order valence-electron chi connectivity index (χ3n) is 3.92. The summed E-state index contributed by atoms with van der Waals surface area (Å²) < 4.78 is 1.80. The molecule has 1 aliphatic heterocycles. The zero-order valence-electron chi connectivity index (χ0n) is 12.0. The van der Waals surface area contributed by atoms with Crippen molar-refractivity contribution in [1.82, 2.24) is 14.5 Å². The van der Waals surface area contributed by atoms with Crippen LogP contribution in [0.25, 0.3) is 0 Å². The summed E-state index contributed by atoms with van der Waals surface area (Å²) in [4.78, 5) is 18.8. The number of nitrogens with zero attached hydrogens (tertiary/aromatic N) is 3. The highest BCUT2D eigenvalue weighted by molar-refractivity contribution is 6.30. The fourth-order valence-corrected chi connectivity index (χ4v) is 3.10. The van der Waals surface area contributed by atoms with Gasteiger partial charge >= 0.3 is 0 Å². The van der Waals surface area contributed by atoms with Gasteiger partial charge in [0.05, 0.1) is 12.4 Å². The standard InChI is InChI=1S/C16H18ClN3O/c1-19-10-14(18-11-19)16(21)20-8-3-2-7-15(20)12-5-4-6-13(17)9-12/h4-6,9-11,15H,2-3,7-8H2,1H3/t15-/m0/s1. The molecule has 1 aliphatic rings. The second kappa shape index (κ2) is 5.90. The molecular weight excluding hydrogens is 286 g/mol. The third-order valence-corrected chi connectivity index (χ3v) is 4.16. The van der Waals surface area contributed by atoms with Gasteiger partial charge in [0.15, 0.2) is 0 Å². The molecule has 1 aromatic carbocycles. The molecule has 0 aliphatic carbocycles. The van der Waals surface area contributed by atoms with Gasteiger partial charge in [-0.15, -0.1) is 0 Å². The minimum atomic E-state index is 0.000255. The Hall–Kier alpha value is -1.81. The molecule has 5 heteroatoms. The molecule has 3 rings (SSSR count). The molecule has 1 saturated heterocycles. The number of aromatic nitrogens is 2. The Morgan fingerprint density at radius 1 is 1.38 bits per heavy atom. The predicted octanol–water partition coefficient (Wildman–Crippen LogP) is 3.44. The number of likely N-dealkylation sites (tertiary alicyclic amines) is 1. The molecular formula is C16H18ClN3O. The normalized spacial score (nSPS) is 18.8. The van der Waals surface area contributed by atoms with Crippen LogP contribution in [0, 0.1) is 0 Å². The fourth-order valence-electron chi connectivity index (χ4n) is 2.91. The predicted molar refractivity (Wildman–Crippen MR) is 82.3 cm³/mol. The zero-order valence-corrected chi connectivity index (χ0v) is 12.8. The maximum absolute atomic E-state index is 12.7. The zero-order chi connectivity index (χ0) is 14.8. The molecule has 1 atom stereocenters. The van der Waals surface area contributed by atoms with Gasteiger partial charge in [-0.3, -0.25) is 4.79 Å². The summed E-state index contributed by atoms with van der Waals surface area (Å²) in [6.45, 7) is 0.770. The van der Waals surface area contributed by atoms with E-state index in [0.717, 1.165) is 31.4 Å². The van der Waals surface area contributed by atoms with Crippen molar-refractivity contribution in [3.8, 4) is 0 Å². The van der Waals surface area contributed by atoms with E-state index in [1.165, 1.54) is 0 Å². The van der Waals surface area contributed by atoms with E-state index in [1.807, 2.05) is 36.2 Å². The highest BCUT2D eigenvalue weighted by Gasteiger charge is 2.29. The van der Waals surface area contributed by atoms with Gasteiger partial charge < -0.3 is 9.47 Å². The number of aryl methyl sites for hydroxylation is 1. The van der Waals surface area contributed by atoms with Crippen LogP contribution in [0.1, 0.15) is 41.4 Å². The van der Waals surface area contributed by atoms with Crippen LogP contribution in [0.3, 0.4) is 0 Å². The van der Waals surface area contributed by atoms with Gasteiger partial charge in [0, 0.05) is 24.8 Å². The van der Waals surface area contributed by atoms with Crippen LogP contribution in [-0.2, 0) is 7.05 Å². The first-order valence-electron chi connectivity index (χ1n) is 7.19. The highest BCUT2D eigenvalue weighted by atomic mass is 35.5. The quantitative estimate of drug-likeness (QED) is 0.852. The molecule has 2 heterocycles. The molecule has 110 valence electrons. The summed E-state index contributed by atoms with van der Waals surface area (Å²) >= 11 is 6.09. The van der Waals surface area contributed by atoms with Crippen molar-refractivity contribution in [1.29, 1.82) is 0 Å². The van der Waals surface area contributed by atoms with E-state index in [4.69, 9.17) is 11.6 Å². The maximum atomic E-state index is 12.7. The van der Waals surface area contributed by atoms with E-state index in [0.29, 0.717) is 10.7 Å². The highest BCUT2D eigenvalue weighted by Crippen LogP contribution is 2.32. The van der Waals surface area contributed by atoms with Crippen LogP contribution in [0.4, 0.5) is 0 Å². The van der Waals surface area contributed by atoms with Crippen LogP contribution in [0.15, 0.2) is 36.8 Å². The number of amides is 1. The Bertz CT molecular complexity index is 652. The number of hydrogen-bond acceptors (Lipinski definition) is 2. The lowest BCUT2D eigenvalue weighted by Crippen LogP contribution is -2.38. The molecule has 0 radical (unpaired) electrons. The molecule has 1 amide bonds. The van der Waals surface area contributed by atoms with Gasteiger partial charge in [0.2, 0.25) is 0 Å². The first-order chi connectivity index (χ1) is 10.1. The fraction of sp³-hybridized carbons (Fsp3) is 0.375. The lowest BCUT2D eigenvalue weighted by Gasteiger charge is -2.35. The van der Waals surface area contributed by atoms with Gasteiger partial charge in [-0.05, 0) is 37.0 Å². The van der Waals surface area contributed by atoms with Crippen molar-refractivity contribution < 1.29 is 4.79 Å². The Labute approximate surface area is 129 Å². The minimum absolute atomic E-state index is 0.000255. The number of imidazole rings is 1. The molecule has 0 N–H and O–H groups in total. The van der Waals surface area contributed by atoms with E-state index in [9.17, 15) is 4.79 Å². The molecule has 2 aromatic rings. The topological polar surface area (TPSA) is 38.1 Å². The maximum Gasteiger partial charge on any atom is 0.274 e. The van der Waals surface area contributed by atoms with Crippen LogP contribution in [-0.4, -0.2) is 26.9 Å². The average molecular weight is 304 g/mol. The van der Waals surface area contributed by atoms with Crippen LogP contribution >= 0.6 is 11.6 Å². The van der Waals surface area contributed by atoms with Crippen molar-refractivity contribution in [2.75, 3.05) is 6.54 Å². The van der Waals surface area contributed by atoms with E-state index in [2.05, 4.69) is 4.98 Å². The van der Waals surface area contributed by atoms with Gasteiger partial charge in [0.1, 0.15) is 5.69 Å². The summed E-state index contributed by atoms with van der Waals surface area (Å²) in [6.07, 6.45) is 6.56. The molecule has 1 fully saturated rings. The van der Waals surface area contributed by atoms with Crippen molar-refractivity contribution in [2.24, 2.45) is 7.05 Å². The second-order valence-corrected chi connectivity index (χ2v) is 5.93. The Balaban J connectivity index is 1.89. The van der Waals surface area contributed by atoms with Gasteiger partial charge in [0.25, 0.3) is 5.91 Å². The molecule has 1 aromatic heterocycles. The summed E-state index contributed by atoms with van der Waals surface area (Å²) in [6, 6.07) is 7.89. The van der Waals surface area contributed by atoms with Crippen molar-refractivity contribution in [3.05, 3.63) is 53.1 Å². The molecule has 21 heavy (non-hydrogen) atoms. The smallest absolute Gasteiger partial charge is 0.274 e. The summed E-state index contributed by atoms with van der Waals surface area (Å²) in [7, 11) is 1.87. The minimum Gasteiger partial charge on any atom is -0.340 e. The Morgan fingerprint density at radius 3 is 2.95 bits per heavy atom. The van der Waals surface area contributed by atoms with E-state index in [-0.39, 0.29) is 11.9 Å². The van der Waals surface area contributed by atoms with Gasteiger partial charge in [-0.1, -0.05) is 23.7 Å². The lowest BCUT2D eigenvalue weighted by atomic mass is 9.95. The summed E-state index contributed by atoms with van der Waals surface area (Å²) in [5.74, 6) is 0.000255. The van der Waals surface area contributed by atoms with Crippen LogP contribution in [0.5, 0.6) is 0 Å². The van der Waals surface area contributed by atoms with E-state index in [1.54, 1.807) is 17.1 Å². The molecule has 0 saturated carbocycles. The summed E-state index contributed by atoms with van der Waals surface area (Å²) in [5.41, 5.74) is 1.61. The van der Waals surface area contributed by atoms with Crippen LogP contribution in [0.2, 0.25) is 5.02 Å². The summed E-state index contributed by atoms with van der Waals surface area (Å²) in [5, 5.41) is 0.711. The first kappa shape index (κ1) is 14.1. The Morgan fingerprint density at radius 2 is 2.24 bits per heavy atom. The SMILES string of the molecule is Cn1cnc(C(=O)N2CCCC[C@H]2c2cccc(Cl)c2)c1. The number of piperidine rings is 1. The number of rotatable bonds is 2. The number of hydrogen-bond donors (Lipinski definition) is 0. The molecule has 0 unspecified atom stereocenters. The molecule has 4 nitrogen and oxygen atoms in total. The van der Waals surface area contributed by atoms with Crippen LogP contribution < -0.4 is 0 Å². The molecule has 0 spiro atoms. The lowest BCUT2D eigenvalue weighted by molar-refractivity contribution is 0.0606. The number of carbonyl (C=O) groups is 1. The van der Waals surface area contributed by atoms with E-state index < -0.39 is 0 Å². The van der Waals surface area contributed by atoms with E-state index >= 15 is 0 Å². The first-order valence-corrected chi connectivity index (χ1v) is 7.57. The van der Waals surface area contributed by atoms with Crippen molar-refractivity contribution >= 4 is 17.5 Å². The third kappa shape index (κ3) is 2.95. The van der Waals surface area contributed by atoms with Gasteiger partial charge in [-0.25, -0.2) is 4.98 Å².